The zero-order valence-corrected chi connectivity index (χ0v) is 17.0. The molecular weight excluding hydrogens is 396 g/mol. The van der Waals surface area contributed by atoms with Crippen LogP contribution in [0.15, 0.2) is 41.6 Å². The van der Waals surface area contributed by atoms with E-state index in [9.17, 15) is 18.5 Å². The van der Waals surface area contributed by atoms with Gasteiger partial charge in [0.1, 0.15) is 5.69 Å². The van der Waals surface area contributed by atoms with Gasteiger partial charge in [0.05, 0.1) is 9.82 Å². The average molecular weight is 420 g/mol. The number of nitro benzene ring substituents is 1. The molecule has 0 saturated carbocycles. The Morgan fingerprint density at radius 2 is 1.86 bits per heavy atom. The summed E-state index contributed by atoms with van der Waals surface area (Å²) in [6.07, 6.45) is 5.32. The minimum atomic E-state index is -3.49. The van der Waals surface area contributed by atoms with Crippen molar-refractivity contribution in [2.75, 3.05) is 55.7 Å². The van der Waals surface area contributed by atoms with Crippen LogP contribution in [0.3, 0.4) is 0 Å². The molecule has 0 bridgehead atoms. The maximum absolute atomic E-state index is 11.6. The van der Waals surface area contributed by atoms with E-state index in [0.717, 1.165) is 57.4 Å². The summed E-state index contributed by atoms with van der Waals surface area (Å²) in [6.45, 7) is 4.95. The van der Waals surface area contributed by atoms with Gasteiger partial charge in [-0.25, -0.2) is 18.4 Å². The number of nitrogens with one attached hydrogen (secondary N) is 1. The van der Waals surface area contributed by atoms with Gasteiger partial charge in [-0.3, -0.25) is 15.0 Å². The zero-order valence-electron chi connectivity index (χ0n) is 16.2. The minimum Gasteiger partial charge on any atom is -0.379 e. The predicted molar refractivity (Wildman–Crippen MR) is 110 cm³/mol. The molecule has 0 atom stereocenters. The number of anilines is 2. The highest BCUT2D eigenvalue weighted by Gasteiger charge is 2.20. The molecule has 1 fully saturated rings. The molecule has 1 aromatic heterocycles. The first kappa shape index (κ1) is 20.9. The van der Waals surface area contributed by atoms with Gasteiger partial charge >= 0.3 is 0 Å². The van der Waals surface area contributed by atoms with Gasteiger partial charge in [-0.15, -0.1) is 0 Å². The molecule has 0 spiro atoms. The Labute approximate surface area is 169 Å². The Kier molecular flexibility index (Phi) is 6.60. The molecule has 2 heterocycles. The molecule has 0 amide bonds. The van der Waals surface area contributed by atoms with E-state index in [1.54, 1.807) is 18.5 Å². The van der Waals surface area contributed by atoms with E-state index in [0.29, 0.717) is 12.2 Å². The van der Waals surface area contributed by atoms with E-state index < -0.39 is 14.8 Å². The van der Waals surface area contributed by atoms with Crippen LogP contribution in [0.2, 0.25) is 0 Å². The van der Waals surface area contributed by atoms with Gasteiger partial charge < -0.3 is 10.2 Å². The maximum Gasteiger partial charge on any atom is 0.293 e. The van der Waals surface area contributed by atoms with Crippen molar-refractivity contribution in [1.29, 1.82) is 0 Å². The summed E-state index contributed by atoms with van der Waals surface area (Å²) < 4.78 is 23.2. The summed E-state index contributed by atoms with van der Waals surface area (Å²) in [7, 11) is -3.49. The minimum absolute atomic E-state index is 0.0602. The van der Waals surface area contributed by atoms with Crippen LogP contribution in [-0.4, -0.2) is 73.7 Å². The molecule has 0 radical (unpaired) electrons. The lowest BCUT2D eigenvalue weighted by Gasteiger charge is -2.34. The van der Waals surface area contributed by atoms with Crippen molar-refractivity contribution in [2.24, 2.45) is 0 Å². The van der Waals surface area contributed by atoms with Gasteiger partial charge in [0.25, 0.3) is 5.69 Å². The van der Waals surface area contributed by atoms with Crippen molar-refractivity contribution < 1.29 is 13.3 Å². The third kappa shape index (κ3) is 5.61. The summed E-state index contributed by atoms with van der Waals surface area (Å²) in [5.41, 5.74) is 0.0952. The van der Waals surface area contributed by atoms with Crippen molar-refractivity contribution in [3.63, 3.8) is 0 Å². The summed E-state index contributed by atoms with van der Waals surface area (Å²) >= 11 is 0. The smallest absolute Gasteiger partial charge is 0.293 e. The second-order valence-corrected chi connectivity index (χ2v) is 8.88. The highest BCUT2D eigenvalue weighted by Crippen LogP contribution is 2.27. The fourth-order valence-electron chi connectivity index (χ4n) is 3.19. The van der Waals surface area contributed by atoms with Crippen LogP contribution in [0.1, 0.15) is 6.42 Å². The first-order chi connectivity index (χ1) is 13.8. The van der Waals surface area contributed by atoms with Crippen molar-refractivity contribution in [1.82, 2.24) is 14.9 Å². The molecule has 10 nitrogen and oxygen atoms in total. The quantitative estimate of drug-likeness (QED) is 0.384. The van der Waals surface area contributed by atoms with Gasteiger partial charge in [-0.1, -0.05) is 0 Å². The fourth-order valence-corrected chi connectivity index (χ4v) is 3.84. The van der Waals surface area contributed by atoms with E-state index in [-0.39, 0.29) is 10.6 Å². The normalized spacial score (nSPS) is 15.3. The molecule has 1 aromatic carbocycles. The van der Waals surface area contributed by atoms with Crippen LogP contribution in [0.4, 0.5) is 17.3 Å². The first-order valence-electron chi connectivity index (χ1n) is 9.31. The highest BCUT2D eigenvalue weighted by atomic mass is 32.2. The molecule has 1 N–H and O–H groups in total. The summed E-state index contributed by atoms with van der Waals surface area (Å²) in [6, 6.07) is 5.73. The summed E-state index contributed by atoms with van der Waals surface area (Å²) in [5.74, 6) is 0.749. The fraction of sp³-hybridized carbons (Fsp3) is 0.444. The highest BCUT2D eigenvalue weighted by molar-refractivity contribution is 7.90. The largest absolute Gasteiger partial charge is 0.379 e. The number of hydrogen-bond donors (Lipinski definition) is 1. The topological polar surface area (TPSA) is 122 Å². The molecule has 1 aliphatic heterocycles. The van der Waals surface area contributed by atoms with Gasteiger partial charge in [0.15, 0.2) is 9.84 Å². The number of nitro groups is 1. The standard InChI is InChI=1S/C18H24N6O4S/c1-29(27,28)15-4-5-16(17(14-15)24(25)26)19-8-3-9-22-10-12-23(13-11-22)18-20-6-2-7-21-18/h2,4-7,14,19H,3,8-13H2,1H3. The Hall–Kier alpha value is -2.79. The SMILES string of the molecule is CS(=O)(=O)c1ccc(NCCCN2CCN(c3ncccn3)CC2)c([N+](=O)[O-])c1. The van der Waals surface area contributed by atoms with E-state index in [4.69, 9.17) is 0 Å². The molecule has 0 aliphatic carbocycles. The van der Waals surface area contributed by atoms with E-state index in [1.165, 1.54) is 12.1 Å². The molecule has 1 saturated heterocycles. The number of hydrogen-bond acceptors (Lipinski definition) is 9. The second kappa shape index (κ2) is 9.14. The lowest BCUT2D eigenvalue weighted by molar-refractivity contribution is -0.384. The molecule has 1 aliphatic rings. The number of piperazine rings is 1. The molecule has 156 valence electrons. The van der Waals surface area contributed by atoms with Crippen molar-refractivity contribution in [3.8, 4) is 0 Å². The van der Waals surface area contributed by atoms with Crippen LogP contribution < -0.4 is 10.2 Å². The maximum atomic E-state index is 11.6. The van der Waals surface area contributed by atoms with Crippen LogP contribution in [0.25, 0.3) is 0 Å². The van der Waals surface area contributed by atoms with Gasteiger partial charge in [0.2, 0.25) is 5.95 Å². The second-order valence-electron chi connectivity index (χ2n) is 6.87. The molecule has 0 unspecified atom stereocenters. The number of benzene rings is 1. The van der Waals surface area contributed by atoms with Crippen LogP contribution in [0.5, 0.6) is 0 Å². The van der Waals surface area contributed by atoms with E-state index in [1.807, 2.05) is 0 Å². The first-order valence-corrected chi connectivity index (χ1v) is 11.2. The third-order valence-electron chi connectivity index (χ3n) is 4.77. The number of rotatable bonds is 8. The number of aromatic nitrogens is 2. The van der Waals surface area contributed by atoms with Gasteiger partial charge in [0, 0.05) is 57.4 Å². The van der Waals surface area contributed by atoms with Crippen molar-refractivity contribution in [2.45, 2.75) is 11.3 Å². The van der Waals surface area contributed by atoms with E-state index in [2.05, 4.69) is 25.1 Å². The molecule has 11 heteroatoms. The van der Waals surface area contributed by atoms with Gasteiger partial charge in [-0.05, 0) is 31.2 Å². The summed E-state index contributed by atoms with van der Waals surface area (Å²) in [5, 5.41) is 14.3. The van der Waals surface area contributed by atoms with Crippen LogP contribution >= 0.6 is 0 Å². The predicted octanol–water partition coefficient (Wildman–Crippen LogP) is 1.41. The molecule has 3 rings (SSSR count). The van der Waals surface area contributed by atoms with Crippen LogP contribution in [0, 0.1) is 10.1 Å². The average Bonchev–Trinajstić information content (AvgIpc) is 2.71. The summed E-state index contributed by atoms with van der Waals surface area (Å²) in [4.78, 5) is 23.7. The number of sulfone groups is 1. The lowest BCUT2D eigenvalue weighted by Crippen LogP contribution is -2.47. The number of nitrogens with zero attached hydrogens (tertiary/aromatic N) is 5. The van der Waals surface area contributed by atoms with Crippen molar-refractivity contribution in [3.05, 3.63) is 46.8 Å². The monoisotopic (exact) mass is 420 g/mol. The van der Waals surface area contributed by atoms with Gasteiger partial charge in [-0.2, -0.15) is 0 Å². The lowest BCUT2D eigenvalue weighted by atomic mass is 10.2. The van der Waals surface area contributed by atoms with Crippen molar-refractivity contribution >= 4 is 27.2 Å². The Bertz CT molecular complexity index is 946. The Morgan fingerprint density at radius 1 is 1.17 bits per heavy atom. The van der Waals surface area contributed by atoms with Crippen LogP contribution in [-0.2, 0) is 9.84 Å². The Morgan fingerprint density at radius 3 is 2.48 bits per heavy atom. The third-order valence-corrected chi connectivity index (χ3v) is 5.88. The Balaban J connectivity index is 1.47. The zero-order chi connectivity index (χ0) is 20.9. The van der Waals surface area contributed by atoms with E-state index >= 15 is 0 Å². The molecule has 29 heavy (non-hydrogen) atoms. The molecular formula is C18H24N6O4S. The molecule has 2 aromatic rings.